The number of nitrogens with one attached hydrogen (secondary N) is 1. The molecule has 0 aromatic carbocycles. The second-order valence-corrected chi connectivity index (χ2v) is 5.59. The molecule has 0 aliphatic rings. The molecule has 0 fully saturated rings. The van der Waals surface area contributed by atoms with Gasteiger partial charge < -0.3 is 14.8 Å². The molecule has 0 saturated heterocycles. The van der Waals surface area contributed by atoms with E-state index in [2.05, 4.69) is 19.2 Å². The number of amides is 1. The minimum atomic E-state index is -0.906. The van der Waals surface area contributed by atoms with Crippen molar-refractivity contribution in [2.75, 3.05) is 6.54 Å². The third-order valence-electron chi connectivity index (χ3n) is 2.69. The highest BCUT2D eigenvalue weighted by molar-refractivity contribution is 6.29. The number of carbonyl (C=O) groups excluding carboxylic acids is 1. The van der Waals surface area contributed by atoms with Crippen LogP contribution < -0.4 is 5.32 Å². The van der Waals surface area contributed by atoms with Gasteiger partial charge in [-0.15, -0.1) is 0 Å². The molecule has 1 unspecified atom stereocenters. The number of rotatable bonds is 6. The Balaban J connectivity index is 2.42. The van der Waals surface area contributed by atoms with Gasteiger partial charge in [-0.2, -0.15) is 0 Å². The first kappa shape index (κ1) is 15.1. The zero-order valence-corrected chi connectivity index (χ0v) is 11.8. The third kappa shape index (κ3) is 5.10. The maximum atomic E-state index is 11.7. The summed E-state index contributed by atoms with van der Waals surface area (Å²) in [5, 5.41) is 12.9. The lowest BCUT2D eigenvalue weighted by Gasteiger charge is -2.24. The molecule has 1 heterocycles. The van der Waals surface area contributed by atoms with Gasteiger partial charge in [0.15, 0.2) is 11.0 Å². The summed E-state index contributed by atoms with van der Waals surface area (Å²) >= 11 is 5.58. The third-order valence-corrected chi connectivity index (χ3v) is 2.89. The standard InChI is InChI=1S/C13H20ClNO3/c1-9(2)6-7-13(3,17)8-15-12(16)10-4-5-11(14)18-10/h4-5,9,17H,6-8H2,1-3H3,(H,15,16). The molecule has 1 aromatic rings. The molecule has 1 aromatic heterocycles. The maximum Gasteiger partial charge on any atom is 0.287 e. The van der Waals surface area contributed by atoms with Gasteiger partial charge in [0.05, 0.1) is 5.60 Å². The van der Waals surface area contributed by atoms with Crippen molar-refractivity contribution in [1.82, 2.24) is 5.32 Å². The summed E-state index contributed by atoms with van der Waals surface area (Å²) in [6.45, 7) is 6.10. The van der Waals surface area contributed by atoms with Crippen molar-refractivity contribution < 1.29 is 14.3 Å². The molecule has 1 rings (SSSR count). The fourth-order valence-corrected chi connectivity index (χ4v) is 1.63. The van der Waals surface area contributed by atoms with Gasteiger partial charge in [-0.3, -0.25) is 4.79 Å². The van der Waals surface area contributed by atoms with Crippen molar-refractivity contribution in [3.8, 4) is 0 Å². The number of hydrogen-bond acceptors (Lipinski definition) is 3. The van der Waals surface area contributed by atoms with Crippen LogP contribution in [0.3, 0.4) is 0 Å². The van der Waals surface area contributed by atoms with E-state index in [1.807, 2.05) is 0 Å². The Bertz CT molecular complexity index is 399. The zero-order valence-electron chi connectivity index (χ0n) is 11.0. The van der Waals surface area contributed by atoms with Gasteiger partial charge in [0.1, 0.15) is 0 Å². The molecule has 18 heavy (non-hydrogen) atoms. The number of carbonyl (C=O) groups is 1. The molecular formula is C13H20ClNO3. The number of furan rings is 1. The average Bonchev–Trinajstić information content (AvgIpc) is 2.70. The van der Waals surface area contributed by atoms with Gasteiger partial charge in [-0.25, -0.2) is 0 Å². The second-order valence-electron chi connectivity index (χ2n) is 5.22. The Morgan fingerprint density at radius 2 is 2.22 bits per heavy atom. The summed E-state index contributed by atoms with van der Waals surface area (Å²) in [4.78, 5) is 11.7. The summed E-state index contributed by atoms with van der Waals surface area (Å²) in [5.41, 5.74) is -0.906. The first-order valence-electron chi connectivity index (χ1n) is 6.06. The van der Waals surface area contributed by atoms with E-state index in [1.54, 1.807) is 6.92 Å². The predicted octanol–water partition coefficient (Wildman–Crippen LogP) is 2.85. The fraction of sp³-hybridized carbons (Fsp3) is 0.615. The van der Waals surface area contributed by atoms with Crippen molar-refractivity contribution >= 4 is 17.5 Å². The van der Waals surface area contributed by atoms with E-state index in [-0.39, 0.29) is 23.4 Å². The van der Waals surface area contributed by atoms with E-state index < -0.39 is 5.60 Å². The Morgan fingerprint density at radius 1 is 1.56 bits per heavy atom. The van der Waals surface area contributed by atoms with Crippen LogP contribution in [0.25, 0.3) is 0 Å². The summed E-state index contributed by atoms with van der Waals surface area (Å²) in [7, 11) is 0. The first-order chi connectivity index (χ1) is 8.30. The van der Waals surface area contributed by atoms with Crippen LogP contribution in [0.1, 0.15) is 44.2 Å². The highest BCUT2D eigenvalue weighted by Crippen LogP contribution is 2.16. The lowest BCUT2D eigenvalue weighted by molar-refractivity contribution is 0.0424. The van der Waals surface area contributed by atoms with Gasteiger partial charge in [0.2, 0.25) is 0 Å². The molecule has 2 N–H and O–H groups in total. The summed E-state index contributed by atoms with van der Waals surface area (Å²) < 4.78 is 4.98. The van der Waals surface area contributed by atoms with Crippen LogP contribution in [-0.2, 0) is 0 Å². The van der Waals surface area contributed by atoms with E-state index in [4.69, 9.17) is 16.0 Å². The highest BCUT2D eigenvalue weighted by Gasteiger charge is 2.22. The van der Waals surface area contributed by atoms with Crippen molar-refractivity contribution in [3.63, 3.8) is 0 Å². The van der Waals surface area contributed by atoms with Crippen LogP contribution in [0.15, 0.2) is 16.5 Å². The topological polar surface area (TPSA) is 62.5 Å². The Morgan fingerprint density at radius 3 is 2.72 bits per heavy atom. The summed E-state index contributed by atoms with van der Waals surface area (Å²) in [5.74, 6) is 0.308. The smallest absolute Gasteiger partial charge is 0.287 e. The Kier molecular flexibility index (Phi) is 5.23. The molecule has 1 atom stereocenters. The predicted molar refractivity (Wildman–Crippen MR) is 70.7 cm³/mol. The van der Waals surface area contributed by atoms with Crippen LogP contribution in [0.5, 0.6) is 0 Å². The van der Waals surface area contributed by atoms with Crippen LogP contribution >= 0.6 is 11.6 Å². The molecule has 0 radical (unpaired) electrons. The normalized spacial score (nSPS) is 14.6. The minimum Gasteiger partial charge on any atom is -0.440 e. The van der Waals surface area contributed by atoms with Crippen molar-refractivity contribution in [2.45, 2.75) is 39.2 Å². The van der Waals surface area contributed by atoms with E-state index in [0.29, 0.717) is 12.3 Å². The lowest BCUT2D eigenvalue weighted by Crippen LogP contribution is -2.40. The SMILES string of the molecule is CC(C)CCC(C)(O)CNC(=O)c1ccc(Cl)o1. The average molecular weight is 274 g/mol. The zero-order chi connectivity index (χ0) is 13.8. The van der Waals surface area contributed by atoms with Crippen molar-refractivity contribution in [2.24, 2.45) is 5.92 Å². The Hall–Kier alpha value is -1.00. The van der Waals surface area contributed by atoms with Crippen molar-refractivity contribution in [1.29, 1.82) is 0 Å². The number of hydrogen-bond donors (Lipinski definition) is 2. The molecule has 0 aliphatic carbocycles. The monoisotopic (exact) mass is 273 g/mol. The molecule has 5 heteroatoms. The molecule has 0 bridgehead atoms. The van der Waals surface area contributed by atoms with E-state index in [1.165, 1.54) is 12.1 Å². The molecule has 0 saturated carbocycles. The van der Waals surface area contributed by atoms with Crippen LogP contribution in [-0.4, -0.2) is 23.2 Å². The second kappa shape index (κ2) is 6.25. The lowest BCUT2D eigenvalue weighted by atomic mass is 9.95. The quantitative estimate of drug-likeness (QED) is 0.838. The van der Waals surface area contributed by atoms with Crippen LogP contribution in [0.4, 0.5) is 0 Å². The van der Waals surface area contributed by atoms with Gasteiger partial charge >= 0.3 is 0 Å². The van der Waals surface area contributed by atoms with E-state index >= 15 is 0 Å². The van der Waals surface area contributed by atoms with Crippen LogP contribution in [0, 0.1) is 5.92 Å². The van der Waals surface area contributed by atoms with Gasteiger partial charge in [0, 0.05) is 6.54 Å². The Labute approximate surface area is 112 Å². The van der Waals surface area contributed by atoms with E-state index in [0.717, 1.165) is 6.42 Å². The van der Waals surface area contributed by atoms with Gasteiger partial charge in [-0.1, -0.05) is 13.8 Å². The highest BCUT2D eigenvalue weighted by atomic mass is 35.5. The first-order valence-corrected chi connectivity index (χ1v) is 6.44. The molecule has 0 aliphatic heterocycles. The van der Waals surface area contributed by atoms with Gasteiger partial charge in [0.25, 0.3) is 5.91 Å². The molecule has 4 nitrogen and oxygen atoms in total. The molecule has 0 spiro atoms. The maximum absolute atomic E-state index is 11.7. The van der Waals surface area contributed by atoms with Gasteiger partial charge in [-0.05, 0) is 49.4 Å². The number of halogens is 1. The molecule has 1 amide bonds. The summed E-state index contributed by atoms with van der Waals surface area (Å²) in [6.07, 6.45) is 1.55. The van der Waals surface area contributed by atoms with E-state index in [9.17, 15) is 9.90 Å². The van der Waals surface area contributed by atoms with Crippen molar-refractivity contribution in [3.05, 3.63) is 23.1 Å². The molecule has 102 valence electrons. The minimum absolute atomic E-state index is 0.152. The largest absolute Gasteiger partial charge is 0.440 e. The number of aliphatic hydroxyl groups is 1. The fourth-order valence-electron chi connectivity index (χ4n) is 1.48. The summed E-state index contributed by atoms with van der Waals surface area (Å²) in [6, 6.07) is 3.01. The van der Waals surface area contributed by atoms with Crippen LogP contribution in [0.2, 0.25) is 5.22 Å². The molecular weight excluding hydrogens is 254 g/mol.